The lowest BCUT2D eigenvalue weighted by molar-refractivity contribution is -0.308. The molecule has 0 aliphatic carbocycles. The zero-order valence-corrected chi connectivity index (χ0v) is 12.5. The van der Waals surface area contributed by atoms with Crippen LogP contribution in [0.2, 0.25) is 0 Å². The molecule has 0 spiro atoms. The van der Waals surface area contributed by atoms with Crippen LogP contribution in [0.5, 0.6) is 5.75 Å². The van der Waals surface area contributed by atoms with Gasteiger partial charge in [0.05, 0.1) is 12.0 Å². The molecule has 114 valence electrons. The van der Waals surface area contributed by atoms with Crippen molar-refractivity contribution in [2.24, 2.45) is 0 Å². The predicted octanol–water partition coefficient (Wildman–Crippen LogP) is 1.04. The van der Waals surface area contributed by atoms with E-state index in [9.17, 15) is 15.0 Å². The summed E-state index contributed by atoms with van der Waals surface area (Å²) in [6.07, 6.45) is 0.194. The predicted molar refractivity (Wildman–Crippen MR) is 86.4 cm³/mol. The Hall–Kier alpha value is -2.60. The molecule has 1 atom stereocenters. The lowest BCUT2D eigenvalue weighted by Crippen LogP contribution is -2.50. The molecular weight excluding hydrogens is 300 g/mol. The molecule has 3 N–H and O–H groups in total. The number of anilines is 1. The van der Waals surface area contributed by atoms with E-state index < -0.39 is 12.0 Å². The molecule has 0 saturated heterocycles. The summed E-state index contributed by atoms with van der Waals surface area (Å²) in [5.74, 6) is -1.12. The molecule has 0 heterocycles. The fraction of sp³-hybridized carbons (Fsp3) is 0.125. The van der Waals surface area contributed by atoms with Crippen molar-refractivity contribution in [2.75, 3.05) is 5.32 Å². The number of nitrogens with one attached hydrogen (secondary N) is 2. The average Bonchev–Trinajstić information content (AvgIpc) is 2.49. The largest absolute Gasteiger partial charge is 0.548 e. The fourth-order valence-corrected chi connectivity index (χ4v) is 2.17. The van der Waals surface area contributed by atoms with Crippen LogP contribution in [0.15, 0.2) is 54.6 Å². The van der Waals surface area contributed by atoms with Crippen molar-refractivity contribution in [3.63, 3.8) is 0 Å². The first kappa shape index (κ1) is 15.8. The van der Waals surface area contributed by atoms with Gasteiger partial charge in [0.15, 0.2) is 5.11 Å². The second-order valence-electron chi connectivity index (χ2n) is 4.71. The highest BCUT2D eigenvalue weighted by Gasteiger charge is 2.12. The number of carbonyl (C=O) groups is 1. The summed E-state index contributed by atoms with van der Waals surface area (Å²) < 4.78 is 0. The van der Waals surface area contributed by atoms with Gasteiger partial charge >= 0.3 is 0 Å². The Bertz CT molecular complexity index is 644. The van der Waals surface area contributed by atoms with E-state index in [1.165, 1.54) is 12.1 Å². The maximum Gasteiger partial charge on any atom is 0.171 e. The summed E-state index contributed by atoms with van der Waals surface area (Å²) in [5.41, 5.74) is 1.52. The van der Waals surface area contributed by atoms with Crippen molar-refractivity contribution in [3.05, 3.63) is 60.2 Å². The molecule has 0 unspecified atom stereocenters. The van der Waals surface area contributed by atoms with Gasteiger partial charge in [0.1, 0.15) is 5.75 Å². The first-order chi connectivity index (χ1) is 10.5. The molecule has 22 heavy (non-hydrogen) atoms. The zero-order chi connectivity index (χ0) is 15.9. The third-order valence-electron chi connectivity index (χ3n) is 3.00. The Labute approximate surface area is 133 Å². The van der Waals surface area contributed by atoms with Crippen molar-refractivity contribution in [1.82, 2.24) is 5.32 Å². The Morgan fingerprint density at radius 2 is 1.77 bits per heavy atom. The lowest BCUT2D eigenvalue weighted by Gasteiger charge is -2.22. The number of phenols is 1. The molecule has 2 aromatic rings. The first-order valence-corrected chi connectivity index (χ1v) is 7.07. The van der Waals surface area contributed by atoms with Crippen LogP contribution in [0.3, 0.4) is 0 Å². The molecule has 0 aliphatic rings. The van der Waals surface area contributed by atoms with Crippen LogP contribution in [0, 0.1) is 0 Å². The number of para-hydroxylation sites is 1. The second-order valence-corrected chi connectivity index (χ2v) is 5.11. The van der Waals surface area contributed by atoms with Crippen molar-refractivity contribution >= 4 is 29.0 Å². The number of hydrogen-bond donors (Lipinski definition) is 3. The molecule has 0 amide bonds. The van der Waals surface area contributed by atoms with Crippen LogP contribution >= 0.6 is 12.2 Å². The van der Waals surface area contributed by atoms with E-state index in [1.54, 1.807) is 12.1 Å². The molecule has 0 aromatic heterocycles. The average molecular weight is 315 g/mol. The molecule has 0 aliphatic heterocycles. The van der Waals surface area contributed by atoms with Crippen LogP contribution < -0.4 is 15.7 Å². The highest BCUT2D eigenvalue weighted by molar-refractivity contribution is 7.80. The van der Waals surface area contributed by atoms with Crippen LogP contribution in [-0.4, -0.2) is 22.2 Å². The molecular formula is C16H15N2O3S-. The summed E-state index contributed by atoms with van der Waals surface area (Å²) in [4.78, 5) is 11.2. The van der Waals surface area contributed by atoms with E-state index in [0.29, 0.717) is 0 Å². The molecule has 2 rings (SSSR count). The molecule has 0 saturated carbocycles. The minimum atomic E-state index is -1.25. The van der Waals surface area contributed by atoms with Gasteiger partial charge < -0.3 is 25.6 Å². The molecule has 2 aromatic carbocycles. The van der Waals surface area contributed by atoms with E-state index in [2.05, 4.69) is 10.6 Å². The Balaban J connectivity index is 1.98. The van der Waals surface area contributed by atoms with Gasteiger partial charge in [-0.1, -0.05) is 30.3 Å². The van der Waals surface area contributed by atoms with Gasteiger partial charge in [-0.25, -0.2) is 0 Å². The number of benzene rings is 2. The van der Waals surface area contributed by atoms with Crippen LogP contribution in [-0.2, 0) is 11.2 Å². The maximum absolute atomic E-state index is 11.2. The van der Waals surface area contributed by atoms with Crippen LogP contribution in [0.25, 0.3) is 0 Å². The molecule has 0 fully saturated rings. The van der Waals surface area contributed by atoms with E-state index in [0.717, 1.165) is 11.3 Å². The third-order valence-corrected chi connectivity index (χ3v) is 3.22. The van der Waals surface area contributed by atoms with Gasteiger partial charge in [0.25, 0.3) is 0 Å². The number of carboxylic acids is 1. The lowest BCUT2D eigenvalue weighted by atomic mass is 10.1. The minimum Gasteiger partial charge on any atom is -0.548 e. The molecule has 6 heteroatoms. The second kappa shape index (κ2) is 7.42. The SMILES string of the molecule is O=C([O-])[C@H](Cc1ccc(O)cc1)NC(=S)Nc1ccccc1. The van der Waals surface area contributed by atoms with Gasteiger partial charge in [-0.15, -0.1) is 0 Å². The monoisotopic (exact) mass is 315 g/mol. The normalized spacial score (nSPS) is 11.5. The number of hydrogen-bond acceptors (Lipinski definition) is 4. The van der Waals surface area contributed by atoms with Crippen molar-refractivity contribution < 1.29 is 15.0 Å². The summed E-state index contributed by atoms with van der Waals surface area (Å²) in [6.45, 7) is 0. The van der Waals surface area contributed by atoms with Gasteiger partial charge in [-0.05, 0) is 48.5 Å². The summed E-state index contributed by atoms with van der Waals surface area (Å²) >= 11 is 5.12. The number of phenolic OH excluding ortho intramolecular Hbond substituents is 1. The fourth-order valence-electron chi connectivity index (χ4n) is 1.91. The van der Waals surface area contributed by atoms with E-state index in [4.69, 9.17) is 12.2 Å². The smallest absolute Gasteiger partial charge is 0.171 e. The van der Waals surface area contributed by atoms with Crippen LogP contribution in [0.1, 0.15) is 5.56 Å². The van der Waals surface area contributed by atoms with Crippen molar-refractivity contribution in [2.45, 2.75) is 12.5 Å². The number of carboxylic acid groups (broad SMARTS) is 1. The van der Waals surface area contributed by atoms with E-state index in [1.807, 2.05) is 30.3 Å². The minimum absolute atomic E-state index is 0.128. The van der Waals surface area contributed by atoms with Gasteiger partial charge in [-0.3, -0.25) is 0 Å². The number of thiocarbonyl (C=S) groups is 1. The topological polar surface area (TPSA) is 84.4 Å². The summed E-state index contributed by atoms with van der Waals surface area (Å²) in [7, 11) is 0. The van der Waals surface area contributed by atoms with Gasteiger partial charge in [-0.2, -0.15) is 0 Å². The summed E-state index contributed by atoms with van der Waals surface area (Å²) in [6, 6.07) is 14.6. The molecule has 5 nitrogen and oxygen atoms in total. The summed E-state index contributed by atoms with van der Waals surface area (Å²) in [5, 5.41) is 26.3. The zero-order valence-electron chi connectivity index (χ0n) is 11.7. The van der Waals surface area contributed by atoms with Gasteiger partial charge in [0.2, 0.25) is 0 Å². The number of aliphatic carboxylic acids is 1. The first-order valence-electron chi connectivity index (χ1n) is 6.66. The molecule has 0 bridgehead atoms. The van der Waals surface area contributed by atoms with E-state index >= 15 is 0 Å². The third kappa shape index (κ3) is 4.75. The standard InChI is InChI=1S/C16H16N2O3S/c19-13-8-6-11(7-9-13)10-14(15(20)21)18-16(22)17-12-4-2-1-3-5-12/h1-9,14,19H,10H2,(H,20,21)(H2,17,18,22)/p-1/t14-/m0/s1. The highest BCUT2D eigenvalue weighted by Crippen LogP contribution is 2.11. The molecule has 0 radical (unpaired) electrons. The Morgan fingerprint density at radius 1 is 1.14 bits per heavy atom. The van der Waals surface area contributed by atoms with Gasteiger partial charge in [0, 0.05) is 5.69 Å². The maximum atomic E-state index is 11.2. The Morgan fingerprint density at radius 3 is 2.36 bits per heavy atom. The van der Waals surface area contributed by atoms with Crippen LogP contribution in [0.4, 0.5) is 5.69 Å². The quantitative estimate of drug-likeness (QED) is 0.715. The van der Waals surface area contributed by atoms with E-state index in [-0.39, 0.29) is 17.3 Å². The number of rotatable bonds is 5. The highest BCUT2D eigenvalue weighted by atomic mass is 32.1. The number of aromatic hydroxyl groups is 1. The van der Waals surface area contributed by atoms with Crippen molar-refractivity contribution in [1.29, 1.82) is 0 Å². The Kier molecular flexibility index (Phi) is 5.32. The number of carbonyl (C=O) groups excluding carboxylic acids is 1. The van der Waals surface area contributed by atoms with Crippen molar-refractivity contribution in [3.8, 4) is 5.75 Å².